The molecule has 0 aliphatic rings. The van der Waals surface area contributed by atoms with Crippen LogP contribution in [0.2, 0.25) is 0 Å². The summed E-state index contributed by atoms with van der Waals surface area (Å²) in [6.07, 6.45) is 4.73. The monoisotopic (exact) mass is 178 g/mol. The zero-order chi connectivity index (χ0) is 9.84. The normalized spacial score (nSPS) is 10.8. The lowest BCUT2D eigenvalue weighted by Crippen LogP contribution is -2.32. The van der Waals surface area contributed by atoms with Crippen LogP contribution >= 0.6 is 0 Å². The summed E-state index contributed by atoms with van der Waals surface area (Å²) in [4.78, 5) is 0. The second-order valence-corrected chi connectivity index (χ2v) is 3.73. The Bertz CT molecular complexity index is 274. The number of nitrogens with zero attached hydrogens (tertiary/aromatic N) is 1. The molecule has 0 atom stereocenters. The maximum Gasteiger partial charge on any atom is 0.177 e. The SMILES string of the molecule is CCC(CC)c1ccc(C)[n+](C)c1. The van der Waals surface area contributed by atoms with E-state index in [0.717, 1.165) is 5.92 Å². The van der Waals surface area contributed by atoms with Gasteiger partial charge in [-0.15, -0.1) is 0 Å². The van der Waals surface area contributed by atoms with Crippen LogP contribution in [0.3, 0.4) is 0 Å². The summed E-state index contributed by atoms with van der Waals surface area (Å²) in [7, 11) is 2.11. The first-order chi connectivity index (χ1) is 6.19. The van der Waals surface area contributed by atoms with Gasteiger partial charge in [-0.25, -0.2) is 4.57 Å². The Hall–Kier alpha value is -0.850. The van der Waals surface area contributed by atoms with Gasteiger partial charge < -0.3 is 0 Å². The zero-order valence-corrected chi connectivity index (χ0v) is 9.17. The van der Waals surface area contributed by atoms with Crippen LogP contribution in [0.15, 0.2) is 18.3 Å². The minimum absolute atomic E-state index is 0.729. The van der Waals surface area contributed by atoms with Gasteiger partial charge in [0.15, 0.2) is 11.9 Å². The maximum absolute atomic E-state index is 2.26. The molecule has 0 bridgehead atoms. The lowest BCUT2D eigenvalue weighted by atomic mass is 9.95. The van der Waals surface area contributed by atoms with Crippen molar-refractivity contribution in [1.82, 2.24) is 0 Å². The van der Waals surface area contributed by atoms with E-state index >= 15 is 0 Å². The summed E-state index contributed by atoms with van der Waals surface area (Å²) in [5.41, 5.74) is 2.79. The first kappa shape index (κ1) is 10.2. The fraction of sp³-hybridized carbons (Fsp3) is 0.583. The number of aryl methyl sites for hydroxylation is 2. The van der Waals surface area contributed by atoms with E-state index in [0.29, 0.717) is 0 Å². The van der Waals surface area contributed by atoms with Gasteiger partial charge in [-0.05, 0) is 24.8 Å². The lowest BCUT2D eigenvalue weighted by Gasteiger charge is -2.10. The summed E-state index contributed by atoms with van der Waals surface area (Å²) in [6.45, 7) is 6.65. The molecule has 0 radical (unpaired) electrons. The van der Waals surface area contributed by atoms with Gasteiger partial charge in [-0.1, -0.05) is 13.8 Å². The van der Waals surface area contributed by atoms with E-state index in [-0.39, 0.29) is 0 Å². The van der Waals surface area contributed by atoms with Crippen LogP contribution < -0.4 is 4.57 Å². The van der Waals surface area contributed by atoms with Crippen LogP contribution in [0, 0.1) is 6.92 Å². The first-order valence-corrected chi connectivity index (χ1v) is 5.15. The second-order valence-electron chi connectivity index (χ2n) is 3.73. The molecule has 0 amide bonds. The third-order valence-electron chi connectivity index (χ3n) is 2.87. The second kappa shape index (κ2) is 4.40. The van der Waals surface area contributed by atoms with Gasteiger partial charge in [0.2, 0.25) is 0 Å². The molecule has 0 saturated carbocycles. The molecular formula is C12H20N+. The average molecular weight is 178 g/mol. The van der Waals surface area contributed by atoms with Gasteiger partial charge in [0.05, 0.1) is 0 Å². The molecule has 72 valence electrons. The molecule has 0 fully saturated rings. The Balaban J connectivity index is 2.95. The maximum atomic E-state index is 2.26. The van der Waals surface area contributed by atoms with Gasteiger partial charge in [-0.3, -0.25) is 0 Å². The van der Waals surface area contributed by atoms with Gasteiger partial charge in [0, 0.05) is 18.6 Å². The largest absolute Gasteiger partial charge is 0.205 e. The molecule has 0 N–H and O–H groups in total. The van der Waals surface area contributed by atoms with Crippen LogP contribution in [0.4, 0.5) is 0 Å². The molecule has 0 aliphatic heterocycles. The predicted octanol–water partition coefficient (Wildman–Crippen LogP) is 2.72. The Morgan fingerprint density at radius 3 is 2.31 bits per heavy atom. The highest BCUT2D eigenvalue weighted by Gasteiger charge is 2.10. The molecule has 0 spiro atoms. The van der Waals surface area contributed by atoms with Crippen molar-refractivity contribution in [3.05, 3.63) is 29.6 Å². The van der Waals surface area contributed by atoms with E-state index in [4.69, 9.17) is 0 Å². The van der Waals surface area contributed by atoms with Gasteiger partial charge in [0.1, 0.15) is 7.05 Å². The average Bonchev–Trinajstić information content (AvgIpc) is 2.13. The minimum atomic E-state index is 0.729. The van der Waals surface area contributed by atoms with E-state index in [1.807, 2.05) is 0 Å². The highest BCUT2D eigenvalue weighted by Crippen LogP contribution is 2.21. The highest BCUT2D eigenvalue weighted by atomic mass is 14.9. The summed E-state index contributed by atoms with van der Waals surface area (Å²) in [5, 5.41) is 0. The lowest BCUT2D eigenvalue weighted by molar-refractivity contribution is -0.678. The third kappa shape index (κ3) is 2.30. The molecule has 0 unspecified atom stereocenters. The Morgan fingerprint density at radius 1 is 1.23 bits per heavy atom. The predicted molar refractivity (Wildman–Crippen MR) is 55.7 cm³/mol. The smallest absolute Gasteiger partial charge is 0.177 e. The molecule has 1 rings (SSSR count). The summed E-state index contributed by atoms with van der Waals surface area (Å²) in [6, 6.07) is 4.46. The molecule has 0 saturated heterocycles. The molecule has 1 heterocycles. The number of hydrogen-bond donors (Lipinski definition) is 0. The van der Waals surface area contributed by atoms with E-state index < -0.39 is 0 Å². The van der Waals surface area contributed by atoms with Crippen molar-refractivity contribution in [3.63, 3.8) is 0 Å². The fourth-order valence-corrected chi connectivity index (χ4v) is 1.70. The Morgan fingerprint density at radius 2 is 1.85 bits per heavy atom. The first-order valence-electron chi connectivity index (χ1n) is 5.15. The van der Waals surface area contributed by atoms with Crippen molar-refractivity contribution in [2.75, 3.05) is 0 Å². The van der Waals surface area contributed by atoms with Gasteiger partial charge in [0.25, 0.3) is 0 Å². The fourth-order valence-electron chi connectivity index (χ4n) is 1.70. The molecule has 1 aromatic heterocycles. The topological polar surface area (TPSA) is 3.88 Å². The van der Waals surface area contributed by atoms with Crippen molar-refractivity contribution in [2.24, 2.45) is 7.05 Å². The van der Waals surface area contributed by atoms with Gasteiger partial charge >= 0.3 is 0 Å². The molecular weight excluding hydrogens is 158 g/mol. The molecule has 1 heteroatoms. The van der Waals surface area contributed by atoms with Crippen molar-refractivity contribution in [1.29, 1.82) is 0 Å². The van der Waals surface area contributed by atoms with Crippen LogP contribution in [-0.2, 0) is 7.05 Å². The summed E-state index contributed by atoms with van der Waals surface area (Å²) in [5.74, 6) is 0.729. The summed E-state index contributed by atoms with van der Waals surface area (Å²) >= 11 is 0. The highest BCUT2D eigenvalue weighted by molar-refractivity contribution is 5.13. The van der Waals surface area contributed by atoms with Gasteiger partial charge in [-0.2, -0.15) is 0 Å². The van der Waals surface area contributed by atoms with Crippen LogP contribution in [-0.4, -0.2) is 0 Å². The molecule has 0 aliphatic carbocycles. The number of rotatable bonds is 3. The zero-order valence-electron chi connectivity index (χ0n) is 9.17. The van der Waals surface area contributed by atoms with Crippen molar-refractivity contribution in [3.8, 4) is 0 Å². The van der Waals surface area contributed by atoms with E-state index in [1.54, 1.807) is 0 Å². The minimum Gasteiger partial charge on any atom is -0.205 e. The van der Waals surface area contributed by atoms with Crippen molar-refractivity contribution in [2.45, 2.75) is 39.5 Å². The third-order valence-corrected chi connectivity index (χ3v) is 2.87. The number of aromatic nitrogens is 1. The molecule has 0 aromatic carbocycles. The Kier molecular flexibility index (Phi) is 3.47. The van der Waals surface area contributed by atoms with Crippen LogP contribution in [0.1, 0.15) is 43.9 Å². The molecule has 1 aromatic rings. The molecule has 1 nitrogen and oxygen atoms in total. The summed E-state index contributed by atoms with van der Waals surface area (Å²) < 4.78 is 2.20. The van der Waals surface area contributed by atoms with Crippen molar-refractivity contribution < 1.29 is 4.57 Å². The quantitative estimate of drug-likeness (QED) is 0.627. The molecule has 13 heavy (non-hydrogen) atoms. The Labute approximate surface area is 81.4 Å². The standard InChI is InChI=1S/C12H20N/c1-5-11(6-2)12-8-7-10(3)13(4)9-12/h7-9,11H,5-6H2,1-4H3/q+1. The van der Waals surface area contributed by atoms with Crippen LogP contribution in [0.25, 0.3) is 0 Å². The number of hydrogen-bond acceptors (Lipinski definition) is 0. The van der Waals surface area contributed by atoms with E-state index in [2.05, 4.69) is 50.7 Å². The number of pyridine rings is 1. The van der Waals surface area contributed by atoms with E-state index in [9.17, 15) is 0 Å². The van der Waals surface area contributed by atoms with E-state index in [1.165, 1.54) is 24.1 Å². The van der Waals surface area contributed by atoms with Crippen LogP contribution in [0.5, 0.6) is 0 Å². The van der Waals surface area contributed by atoms with Crippen molar-refractivity contribution >= 4 is 0 Å².